The molecule has 2 heterocycles. The number of pyridine rings is 2. The molecular formula is C31H19IrN2O2-. The van der Waals surface area contributed by atoms with Crippen LogP contribution in [0.2, 0.25) is 0 Å². The standard InChI is InChI=1S/C21H12N.C10H7NO2.Ir/c1-2-7-14(8-3-1)20-13-18-16-10-5-4-9-15(16)17-11-6-12-19(22-20)21(17)18;12-10(13)9-8-4-2-1-3-7(8)5-6-11-9;/h1-7,9-13H;1-6H,(H,12,13);/q-1;;. The molecule has 1 aliphatic rings. The Kier molecular flexibility index (Phi) is 6.43. The van der Waals surface area contributed by atoms with Gasteiger partial charge in [0.15, 0.2) is 5.69 Å². The molecule has 0 atom stereocenters. The van der Waals surface area contributed by atoms with Gasteiger partial charge in [-0.15, -0.1) is 35.9 Å². The normalized spacial score (nSPS) is 10.8. The van der Waals surface area contributed by atoms with Crippen LogP contribution in [-0.4, -0.2) is 21.0 Å². The number of carbonyl (C=O) groups is 1. The minimum absolute atomic E-state index is 0. The summed E-state index contributed by atoms with van der Waals surface area (Å²) < 4.78 is 0. The molecule has 0 bridgehead atoms. The van der Waals surface area contributed by atoms with Crippen LogP contribution in [0.25, 0.3) is 55.2 Å². The van der Waals surface area contributed by atoms with Crippen molar-refractivity contribution in [2.75, 3.05) is 0 Å². The zero-order valence-electron chi connectivity index (χ0n) is 19.0. The van der Waals surface area contributed by atoms with Gasteiger partial charge in [0.2, 0.25) is 0 Å². The Labute approximate surface area is 221 Å². The predicted molar refractivity (Wildman–Crippen MR) is 139 cm³/mol. The van der Waals surface area contributed by atoms with E-state index in [0.717, 1.165) is 22.2 Å². The van der Waals surface area contributed by atoms with Crippen molar-refractivity contribution in [3.63, 3.8) is 0 Å². The van der Waals surface area contributed by atoms with Crippen LogP contribution in [-0.2, 0) is 20.1 Å². The van der Waals surface area contributed by atoms with Crippen molar-refractivity contribution in [2.45, 2.75) is 0 Å². The van der Waals surface area contributed by atoms with Gasteiger partial charge in [-0.2, -0.15) is 0 Å². The molecule has 1 radical (unpaired) electrons. The van der Waals surface area contributed by atoms with Gasteiger partial charge >= 0.3 is 5.97 Å². The van der Waals surface area contributed by atoms with E-state index in [1.54, 1.807) is 18.2 Å². The van der Waals surface area contributed by atoms with Gasteiger partial charge in [0.25, 0.3) is 0 Å². The maximum atomic E-state index is 10.8. The van der Waals surface area contributed by atoms with Crippen molar-refractivity contribution in [1.82, 2.24) is 9.97 Å². The Morgan fingerprint density at radius 2 is 1.47 bits per heavy atom. The van der Waals surface area contributed by atoms with Crippen molar-refractivity contribution >= 4 is 27.6 Å². The van der Waals surface area contributed by atoms with Gasteiger partial charge in [0, 0.05) is 37.1 Å². The summed E-state index contributed by atoms with van der Waals surface area (Å²) >= 11 is 0. The van der Waals surface area contributed by atoms with E-state index in [2.05, 4.69) is 65.6 Å². The van der Waals surface area contributed by atoms with Crippen LogP contribution in [0.15, 0.2) is 109 Å². The number of benzene rings is 4. The van der Waals surface area contributed by atoms with E-state index in [1.165, 1.54) is 33.8 Å². The average molecular weight is 644 g/mol. The van der Waals surface area contributed by atoms with E-state index in [0.29, 0.717) is 5.39 Å². The number of rotatable bonds is 2. The van der Waals surface area contributed by atoms with Gasteiger partial charge < -0.3 is 5.11 Å². The summed E-state index contributed by atoms with van der Waals surface area (Å²) in [6.07, 6.45) is 1.51. The molecule has 0 aliphatic heterocycles. The van der Waals surface area contributed by atoms with Crippen LogP contribution < -0.4 is 0 Å². The van der Waals surface area contributed by atoms with E-state index < -0.39 is 5.97 Å². The monoisotopic (exact) mass is 644 g/mol. The minimum Gasteiger partial charge on any atom is -0.476 e. The molecule has 175 valence electrons. The first kappa shape index (κ1) is 23.6. The second-order valence-electron chi connectivity index (χ2n) is 8.26. The number of hydrogen-bond acceptors (Lipinski definition) is 3. The third-order valence-corrected chi connectivity index (χ3v) is 6.20. The van der Waals surface area contributed by atoms with Crippen LogP contribution in [0.5, 0.6) is 0 Å². The van der Waals surface area contributed by atoms with E-state index in [-0.39, 0.29) is 25.8 Å². The molecule has 36 heavy (non-hydrogen) atoms. The van der Waals surface area contributed by atoms with Gasteiger partial charge in [-0.3, -0.25) is 4.98 Å². The van der Waals surface area contributed by atoms with E-state index >= 15 is 0 Å². The Morgan fingerprint density at radius 3 is 2.25 bits per heavy atom. The summed E-state index contributed by atoms with van der Waals surface area (Å²) in [5.74, 6) is -0.989. The van der Waals surface area contributed by atoms with Crippen LogP contribution in [0.4, 0.5) is 0 Å². The number of aromatic carboxylic acids is 1. The molecule has 0 spiro atoms. The zero-order valence-corrected chi connectivity index (χ0v) is 21.4. The first-order valence-electron chi connectivity index (χ1n) is 11.3. The Balaban J connectivity index is 0.000000164. The molecule has 0 amide bonds. The number of carboxylic acid groups (broad SMARTS) is 1. The number of nitrogens with zero attached hydrogens (tertiary/aromatic N) is 2. The summed E-state index contributed by atoms with van der Waals surface area (Å²) in [5, 5.41) is 11.7. The smallest absolute Gasteiger partial charge is 0.355 e. The molecule has 0 saturated heterocycles. The second-order valence-corrected chi connectivity index (χ2v) is 8.26. The zero-order chi connectivity index (χ0) is 23.8. The van der Waals surface area contributed by atoms with Crippen LogP contribution in [0, 0.1) is 6.07 Å². The Hall–Kier alpha value is -4.18. The van der Waals surface area contributed by atoms with Crippen LogP contribution in [0.3, 0.4) is 0 Å². The van der Waals surface area contributed by atoms with Crippen molar-refractivity contribution in [1.29, 1.82) is 0 Å². The molecular weight excluding hydrogens is 625 g/mol. The van der Waals surface area contributed by atoms with E-state index in [4.69, 9.17) is 10.1 Å². The maximum absolute atomic E-state index is 10.8. The van der Waals surface area contributed by atoms with E-state index in [1.807, 2.05) is 30.3 Å². The Bertz CT molecular complexity index is 1730. The van der Waals surface area contributed by atoms with Gasteiger partial charge in [-0.05, 0) is 45.5 Å². The molecule has 5 heteroatoms. The fourth-order valence-corrected chi connectivity index (χ4v) is 4.66. The molecule has 0 fully saturated rings. The molecule has 0 unspecified atom stereocenters. The summed E-state index contributed by atoms with van der Waals surface area (Å²) in [6.45, 7) is 0. The molecule has 1 aliphatic carbocycles. The first-order chi connectivity index (χ1) is 17.2. The molecule has 2 aromatic heterocycles. The number of fused-ring (bicyclic) bond motifs is 4. The number of aromatic nitrogens is 2. The van der Waals surface area contributed by atoms with E-state index in [9.17, 15) is 4.79 Å². The van der Waals surface area contributed by atoms with Crippen molar-refractivity contribution in [3.05, 3.63) is 121 Å². The summed E-state index contributed by atoms with van der Waals surface area (Å²) in [6, 6.07) is 37.5. The van der Waals surface area contributed by atoms with Crippen LogP contribution in [0.1, 0.15) is 10.5 Å². The van der Waals surface area contributed by atoms with Crippen LogP contribution >= 0.6 is 0 Å². The largest absolute Gasteiger partial charge is 0.476 e. The number of carboxylic acids is 1. The molecule has 7 rings (SSSR count). The summed E-state index contributed by atoms with van der Waals surface area (Å²) in [5.41, 5.74) is 8.36. The van der Waals surface area contributed by atoms with Crippen molar-refractivity contribution in [3.8, 4) is 33.5 Å². The SMILES string of the molecule is O=C(O)c1nccc2ccccc12.[Ir].[c-]1ccccc1-c1cc2c3c(cccc3n1)-c1ccccc1-2. The quantitative estimate of drug-likeness (QED) is 0.201. The summed E-state index contributed by atoms with van der Waals surface area (Å²) in [7, 11) is 0. The van der Waals surface area contributed by atoms with Gasteiger partial charge in [0.05, 0.1) is 5.52 Å². The molecule has 4 nitrogen and oxygen atoms in total. The Morgan fingerprint density at radius 1 is 0.750 bits per heavy atom. The third kappa shape index (κ3) is 4.09. The molecule has 1 N–H and O–H groups in total. The molecule has 0 saturated carbocycles. The molecule has 4 aromatic carbocycles. The fourth-order valence-electron chi connectivity index (χ4n) is 4.66. The summed E-state index contributed by atoms with van der Waals surface area (Å²) in [4.78, 5) is 19.4. The number of hydrogen-bond donors (Lipinski definition) is 1. The average Bonchev–Trinajstić information content (AvgIpc) is 3.24. The van der Waals surface area contributed by atoms with Crippen molar-refractivity contribution < 1.29 is 30.0 Å². The van der Waals surface area contributed by atoms with Gasteiger partial charge in [0.1, 0.15) is 0 Å². The first-order valence-corrected chi connectivity index (χ1v) is 11.3. The van der Waals surface area contributed by atoms with Gasteiger partial charge in [-0.1, -0.05) is 66.7 Å². The fraction of sp³-hybridized carbons (Fsp3) is 0. The third-order valence-electron chi connectivity index (χ3n) is 6.20. The molecule has 6 aromatic rings. The topological polar surface area (TPSA) is 63.1 Å². The minimum atomic E-state index is -0.989. The van der Waals surface area contributed by atoms with Gasteiger partial charge in [-0.25, -0.2) is 9.78 Å². The second kappa shape index (κ2) is 9.82. The van der Waals surface area contributed by atoms with Crippen molar-refractivity contribution in [2.24, 2.45) is 0 Å². The maximum Gasteiger partial charge on any atom is 0.355 e. The predicted octanol–water partition coefficient (Wildman–Crippen LogP) is 7.28.